The van der Waals surface area contributed by atoms with E-state index in [1.807, 2.05) is 24.3 Å². The van der Waals surface area contributed by atoms with Crippen molar-refractivity contribution in [2.45, 2.75) is 75.5 Å². The highest BCUT2D eigenvalue weighted by Crippen LogP contribution is 2.34. The molecule has 0 saturated heterocycles. The number of anilines is 1. The van der Waals surface area contributed by atoms with Gasteiger partial charge in [0.15, 0.2) is 5.60 Å². The predicted octanol–water partition coefficient (Wildman–Crippen LogP) is 2.66. The predicted molar refractivity (Wildman–Crippen MR) is 135 cm³/mol. The number of benzene rings is 1. The zero-order valence-electron chi connectivity index (χ0n) is 20.5. The number of carbonyl (C=O) groups excluding carboxylic acids is 1. The maximum Gasteiger partial charge on any atom is 0.326 e. The van der Waals surface area contributed by atoms with E-state index in [4.69, 9.17) is 9.72 Å². The van der Waals surface area contributed by atoms with Crippen LogP contribution >= 0.6 is 0 Å². The summed E-state index contributed by atoms with van der Waals surface area (Å²) in [6.07, 6.45) is 6.89. The Morgan fingerprint density at radius 1 is 1.14 bits per heavy atom. The number of rotatable bonds is 10. The molecule has 1 atom stereocenters. The van der Waals surface area contributed by atoms with Gasteiger partial charge >= 0.3 is 5.97 Å². The fourth-order valence-corrected chi connectivity index (χ4v) is 5.56. The standard InChI is InChI=1S/C28H35N3O5/c32-26(33)24(31-27(34)28(35)16-20-4-1-2-5-21(20)17-28)11-13-36-23-14-18(15-23)7-9-22-10-8-19-6-3-12-29-25(19)30-22/h1-2,4-5,8,10,18,23-24,35H,3,6-7,9,11-17H2,(H,29,30)(H,31,34)(H,32,33)/t18-,23-,24-/m0/s1. The van der Waals surface area contributed by atoms with Crippen LogP contribution < -0.4 is 10.6 Å². The van der Waals surface area contributed by atoms with Gasteiger partial charge in [0.25, 0.3) is 5.91 Å². The first-order chi connectivity index (χ1) is 17.4. The van der Waals surface area contributed by atoms with Crippen molar-refractivity contribution in [3.8, 4) is 0 Å². The second-order valence-corrected chi connectivity index (χ2v) is 10.5. The van der Waals surface area contributed by atoms with Crippen LogP contribution in [0.15, 0.2) is 36.4 Å². The molecule has 1 aromatic heterocycles. The molecular formula is C28H35N3O5. The molecule has 1 saturated carbocycles. The Labute approximate surface area is 211 Å². The van der Waals surface area contributed by atoms with E-state index in [-0.39, 0.29) is 32.0 Å². The van der Waals surface area contributed by atoms with Crippen molar-refractivity contribution in [3.63, 3.8) is 0 Å². The molecule has 0 bridgehead atoms. The molecular weight excluding hydrogens is 458 g/mol. The van der Waals surface area contributed by atoms with Crippen LogP contribution in [0, 0.1) is 5.92 Å². The van der Waals surface area contributed by atoms with E-state index >= 15 is 0 Å². The third kappa shape index (κ3) is 5.55. The van der Waals surface area contributed by atoms with Crippen LogP contribution in [-0.4, -0.2) is 58.0 Å². The first kappa shape index (κ1) is 24.7. The molecule has 3 aliphatic rings. The van der Waals surface area contributed by atoms with E-state index in [2.05, 4.69) is 22.8 Å². The molecule has 0 radical (unpaired) electrons. The number of pyridine rings is 1. The Kier molecular flexibility index (Phi) is 7.25. The number of fused-ring (bicyclic) bond motifs is 2. The van der Waals surface area contributed by atoms with Gasteiger partial charge in [0, 0.05) is 38.1 Å². The van der Waals surface area contributed by atoms with E-state index in [9.17, 15) is 19.8 Å². The van der Waals surface area contributed by atoms with Crippen LogP contribution in [0.25, 0.3) is 0 Å². The molecule has 36 heavy (non-hydrogen) atoms. The summed E-state index contributed by atoms with van der Waals surface area (Å²) < 4.78 is 5.90. The highest BCUT2D eigenvalue weighted by Gasteiger charge is 2.43. The van der Waals surface area contributed by atoms with Crippen molar-refractivity contribution < 1.29 is 24.5 Å². The largest absolute Gasteiger partial charge is 0.480 e. The molecule has 192 valence electrons. The minimum Gasteiger partial charge on any atom is -0.480 e. The molecule has 8 nitrogen and oxygen atoms in total. The number of nitrogens with one attached hydrogen (secondary N) is 2. The minimum atomic E-state index is -1.61. The van der Waals surface area contributed by atoms with Crippen molar-refractivity contribution in [2.24, 2.45) is 5.92 Å². The third-order valence-electron chi connectivity index (χ3n) is 7.82. The Morgan fingerprint density at radius 3 is 2.61 bits per heavy atom. The zero-order chi connectivity index (χ0) is 25.1. The van der Waals surface area contributed by atoms with Gasteiger partial charge < -0.3 is 25.6 Å². The highest BCUT2D eigenvalue weighted by molar-refractivity contribution is 5.90. The van der Waals surface area contributed by atoms with Crippen molar-refractivity contribution in [1.82, 2.24) is 10.3 Å². The lowest BCUT2D eigenvalue weighted by Crippen LogP contribution is -2.53. The van der Waals surface area contributed by atoms with Crippen LogP contribution in [0.2, 0.25) is 0 Å². The van der Waals surface area contributed by atoms with Crippen LogP contribution in [0.1, 0.15) is 54.5 Å². The normalized spacial score (nSPS) is 22.5. The van der Waals surface area contributed by atoms with Gasteiger partial charge in [-0.2, -0.15) is 0 Å². The average Bonchev–Trinajstić information content (AvgIpc) is 3.21. The number of ether oxygens (including phenoxy) is 1. The summed E-state index contributed by atoms with van der Waals surface area (Å²) in [5.74, 6) is -0.127. The molecule has 8 heteroatoms. The van der Waals surface area contributed by atoms with Gasteiger partial charge in [0.05, 0.1) is 6.10 Å². The van der Waals surface area contributed by atoms with Crippen LogP contribution in [0.4, 0.5) is 5.82 Å². The average molecular weight is 494 g/mol. The van der Waals surface area contributed by atoms with Gasteiger partial charge in [-0.05, 0) is 67.2 Å². The van der Waals surface area contributed by atoms with Crippen LogP contribution in [0.3, 0.4) is 0 Å². The van der Waals surface area contributed by atoms with Gasteiger partial charge in [0.1, 0.15) is 11.9 Å². The Morgan fingerprint density at radius 2 is 1.89 bits per heavy atom. The molecule has 1 aromatic carbocycles. The Balaban J connectivity index is 1.02. The molecule has 1 aliphatic heterocycles. The fraction of sp³-hybridized carbons (Fsp3) is 0.536. The molecule has 4 N–H and O–H groups in total. The maximum atomic E-state index is 12.8. The number of carboxylic acid groups (broad SMARTS) is 1. The fourth-order valence-electron chi connectivity index (χ4n) is 5.56. The summed E-state index contributed by atoms with van der Waals surface area (Å²) in [6.45, 7) is 1.25. The van der Waals surface area contributed by atoms with Crippen molar-refractivity contribution >= 4 is 17.7 Å². The minimum absolute atomic E-state index is 0.131. The molecule has 2 aliphatic carbocycles. The first-order valence-corrected chi connectivity index (χ1v) is 13.1. The number of aliphatic carboxylic acids is 1. The lowest BCUT2D eigenvalue weighted by atomic mass is 9.79. The zero-order valence-corrected chi connectivity index (χ0v) is 20.5. The third-order valence-corrected chi connectivity index (χ3v) is 7.82. The van der Waals surface area contributed by atoms with E-state index in [0.29, 0.717) is 5.92 Å². The monoisotopic (exact) mass is 493 g/mol. The number of hydrogen-bond acceptors (Lipinski definition) is 6. The number of carbonyl (C=O) groups is 2. The number of aliphatic hydroxyl groups is 1. The number of nitrogens with zero attached hydrogens (tertiary/aromatic N) is 1. The second-order valence-electron chi connectivity index (χ2n) is 10.5. The topological polar surface area (TPSA) is 121 Å². The van der Waals surface area contributed by atoms with Gasteiger partial charge in [-0.25, -0.2) is 9.78 Å². The number of amides is 1. The first-order valence-electron chi connectivity index (χ1n) is 13.1. The number of aryl methyl sites for hydroxylation is 2. The quantitative estimate of drug-likeness (QED) is 0.402. The number of aromatic nitrogens is 1. The summed E-state index contributed by atoms with van der Waals surface area (Å²) >= 11 is 0. The molecule has 0 unspecified atom stereocenters. The Bertz CT molecular complexity index is 1090. The number of carboxylic acids is 1. The summed E-state index contributed by atoms with van der Waals surface area (Å²) in [6, 6.07) is 10.7. The molecule has 2 heterocycles. The van der Waals surface area contributed by atoms with Crippen molar-refractivity contribution in [1.29, 1.82) is 0 Å². The molecule has 5 rings (SSSR count). The molecule has 1 fully saturated rings. The summed E-state index contributed by atoms with van der Waals surface area (Å²) in [5.41, 5.74) is 2.66. The van der Waals surface area contributed by atoms with Crippen LogP contribution in [-0.2, 0) is 40.0 Å². The van der Waals surface area contributed by atoms with E-state index in [0.717, 1.165) is 67.7 Å². The summed E-state index contributed by atoms with van der Waals surface area (Å²) in [7, 11) is 0. The number of hydrogen-bond donors (Lipinski definition) is 4. The SMILES string of the molecule is O=C(O)[C@H](CCO[C@H]1C[C@H](CCc2ccc3c(n2)NCCC3)C1)NC(=O)C1(O)Cc2ccccc2C1. The highest BCUT2D eigenvalue weighted by atomic mass is 16.5. The summed E-state index contributed by atoms with van der Waals surface area (Å²) in [4.78, 5) is 29.2. The lowest BCUT2D eigenvalue weighted by molar-refractivity contribution is -0.147. The van der Waals surface area contributed by atoms with E-state index < -0.39 is 23.5 Å². The van der Waals surface area contributed by atoms with E-state index in [1.165, 1.54) is 5.56 Å². The van der Waals surface area contributed by atoms with E-state index in [1.54, 1.807) is 0 Å². The van der Waals surface area contributed by atoms with Gasteiger partial charge in [0.2, 0.25) is 0 Å². The second kappa shape index (κ2) is 10.6. The van der Waals surface area contributed by atoms with Crippen molar-refractivity contribution in [2.75, 3.05) is 18.5 Å². The van der Waals surface area contributed by atoms with Crippen molar-refractivity contribution in [3.05, 3.63) is 58.8 Å². The molecule has 1 amide bonds. The van der Waals surface area contributed by atoms with Gasteiger partial charge in [-0.15, -0.1) is 0 Å². The molecule has 2 aromatic rings. The molecule has 0 spiro atoms. The summed E-state index contributed by atoms with van der Waals surface area (Å²) in [5, 5.41) is 26.4. The maximum absolute atomic E-state index is 12.8. The van der Waals surface area contributed by atoms with Gasteiger partial charge in [-0.1, -0.05) is 30.3 Å². The lowest BCUT2D eigenvalue weighted by Gasteiger charge is -2.35. The van der Waals surface area contributed by atoms with Gasteiger partial charge in [-0.3, -0.25) is 4.79 Å². The Hall–Kier alpha value is -2.97. The smallest absolute Gasteiger partial charge is 0.326 e. The van der Waals surface area contributed by atoms with Crippen LogP contribution in [0.5, 0.6) is 0 Å².